The van der Waals surface area contributed by atoms with Crippen molar-refractivity contribution in [3.8, 4) is 17.0 Å². The lowest BCUT2D eigenvalue weighted by molar-refractivity contribution is -0.116. The van der Waals surface area contributed by atoms with Crippen molar-refractivity contribution >= 4 is 27.5 Å². The fourth-order valence-electron chi connectivity index (χ4n) is 2.35. The molecular formula is C19H16BrN3O3. The van der Waals surface area contributed by atoms with Gasteiger partial charge < -0.3 is 10.1 Å². The number of rotatable bonds is 5. The van der Waals surface area contributed by atoms with Crippen molar-refractivity contribution in [3.05, 3.63) is 75.8 Å². The van der Waals surface area contributed by atoms with Crippen LogP contribution in [-0.4, -0.2) is 22.6 Å². The van der Waals surface area contributed by atoms with E-state index in [1.54, 1.807) is 31.4 Å². The summed E-state index contributed by atoms with van der Waals surface area (Å²) < 4.78 is 7.30. The molecule has 26 heavy (non-hydrogen) atoms. The Morgan fingerprint density at radius 1 is 1.15 bits per heavy atom. The van der Waals surface area contributed by atoms with Gasteiger partial charge in [0.15, 0.2) is 0 Å². The van der Waals surface area contributed by atoms with Gasteiger partial charge in [-0.05, 0) is 48.5 Å². The minimum Gasteiger partial charge on any atom is -0.497 e. The average molecular weight is 414 g/mol. The molecule has 1 aromatic heterocycles. The summed E-state index contributed by atoms with van der Waals surface area (Å²) in [6.07, 6.45) is 1.38. The van der Waals surface area contributed by atoms with Crippen molar-refractivity contribution in [2.45, 2.75) is 6.54 Å². The third-order valence-corrected chi connectivity index (χ3v) is 4.24. The second-order valence-electron chi connectivity index (χ2n) is 5.52. The van der Waals surface area contributed by atoms with Crippen LogP contribution in [0.2, 0.25) is 0 Å². The highest BCUT2D eigenvalue weighted by Crippen LogP contribution is 2.19. The third kappa shape index (κ3) is 4.37. The van der Waals surface area contributed by atoms with Crippen molar-refractivity contribution in [1.82, 2.24) is 9.55 Å². The summed E-state index contributed by atoms with van der Waals surface area (Å²) in [6.45, 7) is -0.106. The summed E-state index contributed by atoms with van der Waals surface area (Å²) in [7, 11) is 1.59. The molecule has 3 aromatic rings. The number of amides is 1. The van der Waals surface area contributed by atoms with Crippen LogP contribution in [0.4, 0.5) is 5.69 Å². The standard InChI is InChI=1S/C19H16BrN3O3/c1-26-16-8-2-13(3-9-16)17-10-19(25)23(12-21-17)11-18(24)22-15-6-4-14(20)5-7-15/h2-10,12H,11H2,1H3,(H,22,24). The van der Waals surface area contributed by atoms with E-state index in [2.05, 4.69) is 26.2 Å². The van der Waals surface area contributed by atoms with Gasteiger partial charge in [0.1, 0.15) is 12.3 Å². The van der Waals surface area contributed by atoms with Crippen LogP contribution in [0, 0.1) is 0 Å². The zero-order chi connectivity index (χ0) is 18.5. The first kappa shape index (κ1) is 17.9. The van der Waals surface area contributed by atoms with Gasteiger partial charge >= 0.3 is 0 Å². The molecule has 2 aromatic carbocycles. The molecule has 3 rings (SSSR count). The Morgan fingerprint density at radius 3 is 2.46 bits per heavy atom. The topological polar surface area (TPSA) is 73.2 Å². The lowest BCUT2D eigenvalue weighted by Crippen LogP contribution is -2.27. The van der Waals surface area contributed by atoms with Gasteiger partial charge in [-0.1, -0.05) is 15.9 Å². The van der Waals surface area contributed by atoms with Gasteiger partial charge in [0, 0.05) is 21.8 Å². The number of ether oxygens (including phenoxy) is 1. The molecule has 1 heterocycles. The maximum Gasteiger partial charge on any atom is 0.254 e. The predicted molar refractivity (Wildman–Crippen MR) is 103 cm³/mol. The Labute approximate surface area is 158 Å². The van der Waals surface area contributed by atoms with Gasteiger partial charge in [-0.2, -0.15) is 0 Å². The monoisotopic (exact) mass is 413 g/mol. The number of nitrogens with zero attached hydrogens (tertiary/aromatic N) is 2. The zero-order valence-electron chi connectivity index (χ0n) is 14.0. The SMILES string of the molecule is COc1ccc(-c2cc(=O)n(CC(=O)Nc3ccc(Br)cc3)cn2)cc1. The fourth-order valence-corrected chi connectivity index (χ4v) is 2.62. The largest absolute Gasteiger partial charge is 0.497 e. The molecule has 0 unspecified atom stereocenters. The first-order valence-electron chi connectivity index (χ1n) is 7.81. The molecule has 0 atom stereocenters. The van der Waals surface area contributed by atoms with E-state index < -0.39 is 0 Å². The fraction of sp³-hybridized carbons (Fsp3) is 0.105. The number of methoxy groups -OCH3 is 1. The van der Waals surface area contributed by atoms with Crippen LogP contribution in [0.5, 0.6) is 5.75 Å². The lowest BCUT2D eigenvalue weighted by Gasteiger charge is -2.08. The Kier molecular flexibility index (Phi) is 5.48. The molecule has 0 saturated carbocycles. The minimum atomic E-state index is -0.298. The molecule has 0 radical (unpaired) electrons. The Morgan fingerprint density at radius 2 is 1.85 bits per heavy atom. The van der Waals surface area contributed by atoms with Crippen LogP contribution in [0.1, 0.15) is 0 Å². The van der Waals surface area contributed by atoms with Gasteiger partial charge in [-0.15, -0.1) is 0 Å². The van der Waals surface area contributed by atoms with Crippen molar-refractivity contribution < 1.29 is 9.53 Å². The number of nitrogens with one attached hydrogen (secondary N) is 1. The summed E-state index contributed by atoms with van der Waals surface area (Å²) in [5.41, 5.74) is 1.71. The molecule has 0 aliphatic carbocycles. The first-order valence-corrected chi connectivity index (χ1v) is 8.61. The number of halogens is 1. The van der Waals surface area contributed by atoms with E-state index in [9.17, 15) is 9.59 Å². The maximum atomic E-state index is 12.3. The van der Waals surface area contributed by atoms with Gasteiger partial charge in [-0.3, -0.25) is 14.2 Å². The normalized spacial score (nSPS) is 10.4. The van der Waals surface area contributed by atoms with Crippen molar-refractivity contribution in [3.63, 3.8) is 0 Å². The van der Waals surface area contributed by atoms with E-state index in [0.717, 1.165) is 15.8 Å². The molecule has 6 nitrogen and oxygen atoms in total. The summed E-state index contributed by atoms with van der Waals surface area (Å²) in [4.78, 5) is 28.7. The van der Waals surface area contributed by atoms with Crippen LogP contribution in [0.15, 0.2) is 70.2 Å². The summed E-state index contributed by atoms with van der Waals surface area (Å²) in [5, 5.41) is 2.74. The van der Waals surface area contributed by atoms with Crippen LogP contribution in [-0.2, 0) is 11.3 Å². The molecule has 0 saturated heterocycles. The van der Waals surface area contributed by atoms with E-state index in [1.807, 2.05) is 24.3 Å². The number of carbonyl (C=O) groups is 1. The molecule has 0 aliphatic heterocycles. The lowest BCUT2D eigenvalue weighted by atomic mass is 10.1. The highest BCUT2D eigenvalue weighted by Gasteiger charge is 2.08. The van der Waals surface area contributed by atoms with Crippen molar-refractivity contribution in [2.75, 3.05) is 12.4 Å². The van der Waals surface area contributed by atoms with Crippen molar-refractivity contribution in [2.24, 2.45) is 0 Å². The second-order valence-corrected chi connectivity index (χ2v) is 6.44. The van der Waals surface area contributed by atoms with Gasteiger partial charge in [0.05, 0.1) is 19.1 Å². The van der Waals surface area contributed by atoms with Gasteiger partial charge in [0.25, 0.3) is 5.56 Å². The molecule has 0 spiro atoms. The highest BCUT2D eigenvalue weighted by atomic mass is 79.9. The highest BCUT2D eigenvalue weighted by molar-refractivity contribution is 9.10. The Bertz CT molecular complexity index is 967. The molecule has 0 aliphatic rings. The first-order chi connectivity index (χ1) is 12.5. The molecule has 7 heteroatoms. The Balaban J connectivity index is 1.71. The quantitative estimate of drug-likeness (QED) is 0.695. The minimum absolute atomic E-state index is 0.106. The zero-order valence-corrected chi connectivity index (χ0v) is 15.6. The van der Waals surface area contributed by atoms with E-state index in [-0.39, 0.29) is 18.0 Å². The van der Waals surface area contributed by atoms with Crippen LogP contribution >= 0.6 is 15.9 Å². The summed E-state index contributed by atoms with van der Waals surface area (Å²) in [6, 6.07) is 15.9. The van der Waals surface area contributed by atoms with E-state index in [4.69, 9.17) is 4.74 Å². The smallest absolute Gasteiger partial charge is 0.254 e. The van der Waals surface area contributed by atoms with Crippen LogP contribution < -0.4 is 15.6 Å². The molecular weight excluding hydrogens is 398 g/mol. The Hall–Kier alpha value is -2.93. The summed E-state index contributed by atoms with van der Waals surface area (Å²) >= 11 is 3.34. The number of benzene rings is 2. The van der Waals surface area contributed by atoms with E-state index in [1.165, 1.54) is 17.0 Å². The number of hydrogen-bond donors (Lipinski definition) is 1. The van der Waals surface area contributed by atoms with Crippen LogP contribution in [0.3, 0.4) is 0 Å². The van der Waals surface area contributed by atoms with E-state index in [0.29, 0.717) is 11.4 Å². The second kappa shape index (κ2) is 7.97. The van der Waals surface area contributed by atoms with Gasteiger partial charge in [-0.25, -0.2) is 4.98 Å². The number of hydrogen-bond acceptors (Lipinski definition) is 4. The van der Waals surface area contributed by atoms with Crippen molar-refractivity contribution in [1.29, 1.82) is 0 Å². The van der Waals surface area contributed by atoms with Crippen LogP contribution in [0.25, 0.3) is 11.3 Å². The number of carbonyl (C=O) groups excluding carboxylic acids is 1. The van der Waals surface area contributed by atoms with Gasteiger partial charge in [0.2, 0.25) is 5.91 Å². The predicted octanol–water partition coefficient (Wildman–Crippen LogP) is 3.32. The van der Waals surface area contributed by atoms with E-state index >= 15 is 0 Å². The molecule has 0 fully saturated rings. The summed E-state index contributed by atoms with van der Waals surface area (Å²) in [5.74, 6) is 0.431. The number of anilines is 1. The molecule has 132 valence electrons. The molecule has 1 N–H and O–H groups in total. The number of aromatic nitrogens is 2. The molecule has 0 bridgehead atoms. The average Bonchev–Trinajstić information content (AvgIpc) is 2.65. The maximum absolute atomic E-state index is 12.3. The molecule has 1 amide bonds. The third-order valence-electron chi connectivity index (χ3n) is 3.71.